The van der Waals surface area contributed by atoms with Crippen molar-refractivity contribution in [2.24, 2.45) is 0 Å². The van der Waals surface area contributed by atoms with Gasteiger partial charge in [-0.3, -0.25) is 0 Å². The summed E-state index contributed by atoms with van der Waals surface area (Å²) in [4.78, 5) is 0. The van der Waals surface area contributed by atoms with E-state index < -0.39 is 3.79 Å². The lowest BCUT2D eigenvalue weighted by atomic mass is 10.00. The van der Waals surface area contributed by atoms with Crippen molar-refractivity contribution < 1.29 is 5.11 Å². The molecule has 20 heavy (non-hydrogen) atoms. The molecule has 0 amide bonds. The van der Waals surface area contributed by atoms with E-state index in [9.17, 15) is 5.11 Å². The molecule has 0 heterocycles. The van der Waals surface area contributed by atoms with Gasteiger partial charge in [0.25, 0.3) is 0 Å². The maximum Gasteiger partial charge on any atom is 0.216 e. The van der Waals surface area contributed by atoms with Crippen LogP contribution in [0.3, 0.4) is 0 Å². The third kappa shape index (κ3) is 3.95. The van der Waals surface area contributed by atoms with Crippen molar-refractivity contribution in [2.75, 3.05) is 0 Å². The van der Waals surface area contributed by atoms with Crippen molar-refractivity contribution in [1.82, 2.24) is 0 Å². The third-order valence-corrected chi connectivity index (χ3v) is 3.99. The van der Waals surface area contributed by atoms with Crippen molar-refractivity contribution >= 4 is 46.4 Å². The molecule has 2 aromatic carbocycles. The highest BCUT2D eigenvalue weighted by atomic mass is 35.6. The SMILES string of the molecule is Oc1ccc(C(Cl)Cc2ccccc2C(Cl)(Cl)Cl)cc1. The van der Waals surface area contributed by atoms with Crippen LogP contribution < -0.4 is 0 Å². The Balaban J connectivity index is 2.24. The highest BCUT2D eigenvalue weighted by Gasteiger charge is 2.26. The van der Waals surface area contributed by atoms with Gasteiger partial charge >= 0.3 is 0 Å². The number of aromatic hydroxyl groups is 1. The average Bonchev–Trinajstić information content (AvgIpc) is 2.38. The minimum absolute atomic E-state index is 0.208. The molecule has 1 nitrogen and oxygen atoms in total. The molecule has 0 bridgehead atoms. The first-order valence-electron chi connectivity index (χ1n) is 5.96. The largest absolute Gasteiger partial charge is 0.508 e. The Bertz CT molecular complexity index is 575. The van der Waals surface area contributed by atoms with Crippen LogP contribution in [0, 0.1) is 0 Å². The number of halogens is 4. The van der Waals surface area contributed by atoms with Gasteiger partial charge in [-0.25, -0.2) is 0 Å². The number of phenolic OH excluding ortho intramolecular Hbond substituents is 1. The van der Waals surface area contributed by atoms with Gasteiger partial charge in [0.05, 0.1) is 5.38 Å². The zero-order valence-corrected chi connectivity index (χ0v) is 13.4. The quantitative estimate of drug-likeness (QED) is 0.700. The van der Waals surface area contributed by atoms with Crippen LogP contribution in [0.5, 0.6) is 5.75 Å². The molecule has 0 fully saturated rings. The van der Waals surface area contributed by atoms with Crippen LogP contribution in [-0.2, 0) is 10.2 Å². The second-order valence-corrected chi connectivity index (χ2v) is 7.23. The van der Waals surface area contributed by atoms with Crippen molar-refractivity contribution in [3.05, 3.63) is 65.2 Å². The molecule has 0 aliphatic rings. The first-order chi connectivity index (χ1) is 9.38. The monoisotopic (exact) mass is 348 g/mol. The van der Waals surface area contributed by atoms with E-state index in [-0.39, 0.29) is 11.1 Å². The van der Waals surface area contributed by atoms with Crippen LogP contribution in [0.4, 0.5) is 0 Å². The van der Waals surface area contributed by atoms with E-state index in [1.165, 1.54) is 0 Å². The Labute approximate surface area is 138 Å². The number of benzene rings is 2. The molecule has 0 radical (unpaired) electrons. The van der Waals surface area contributed by atoms with Gasteiger partial charge in [-0.1, -0.05) is 71.2 Å². The topological polar surface area (TPSA) is 20.2 Å². The zero-order valence-electron chi connectivity index (χ0n) is 10.4. The standard InChI is InChI=1S/C15H12Cl4O/c16-14(10-5-7-12(20)8-6-10)9-11-3-1-2-4-13(11)15(17,18)19/h1-8,14,20H,9H2. The number of hydrogen-bond donors (Lipinski definition) is 1. The van der Waals surface area contributed by atoms with E-state index in [0.717, 1.165) is 11.1 Å². The molecule has 2 rings (SSSR count). The average molecular weight is 350 g/mol. The molecular weight excluding hydrogens is 338 g/mol. The summed E-state index contributed by atoms with van der Waals surface area (Å²) in [5, 5.41) is 9.02. The third-order valence-electron chi connectivity index (χ3n) is 2.98. The Morgan fingerprint density at radius 1 is 0.950 bits per heavy atom. The van der Waals surface area contributed by atoms with Crippen LogP contribution in [0.2, 0.25) is 0 Å². The fourth-order valence-corrected chi connectivity index (χ4v) is 2.83. The van der Waals surface area contributed by atoms with Crippen LogP contribution in [0.25, 0.3) is 0 Å². The summed E-state index contributed by atoms with van der Waals surface area (Å²) in [7, 11) is 0. The van der Waals surface area contributed by atoms with Gasteiger partial charge in [0.1, 0.15) is 5.75 Å². The molecule has 0 aromatic heterocycles. The molecule has 0 saturated heterocycles. The van der Waals surface area contributed by atoms with E-state index in [1.54, 1.807) is 30.3 Å². The summed E-state index contributed by atoms with van der Waals surface area (Å²) in [5.41, 5.74) is 2.43. The minimum atomic E-state index is -1.47. The second kappa shape index (κ2) is 6.44. The Hall–Kier alpha value is -0.600. The van der Waals surface area contributed by atoms with Crippen molar-refractivity contribution in [2.45, 2.75) is 15.6 Å². The molecule has 2 aromatic rings. The molecule has 0 aliphatic heterocycles. The molecular formula is C15H12Cl4O. The lowest BCUT2D eigenvalue weighted by Crippen LogP contribution is -2.07. The molecule has 0 aliphatic carbocycles. The minimum Gasteiger partial charge on any atom is -0.508 e. The summed E-state index contributed by atoms with van der Waals surface area (Å²) in [6.45, 7) is 0. The molecule has 0 spiro atoms. The normalized spacial score (nSPS) is 13.2. The molecule has 106 valence electrons. The van der Waals surface area contributed by atoms with Gasteiger partial charge in [-0.05, 0) is 29.7 Å². The first-order valence-corrected chi connectivity index (χ1v) is 7.53. The molecule has 1 unspecified atom stereocenters. The van der Waals surface area contributed by atoms with Gasteiger partial charge in [0, 0.05) is 5.56 Å². The highest BCUT2D eigenvalue weighted by Crippen LogP contribution is 2.41. The van der Waals surface area contributed by atoms with E-state index in [2.05, 4.69) is 0 Å². The maximum atomic E-state index is 9.28. The summed E-state index contributed by atoms with van der Waals surface area (Å²) in [6.07, 6.45) is 0.538. The summed E-state index contributed by atoms with van der Waals surface area (Å²) < 4.78 is -1.47. The first kappa shape index (κ1) is 15.8. The van der Waals surface area contributed by atoms with Gasteiger partial charge in [-0.2, -0.15) is 0 Å². The lowest BCUT2D eigenvalue weighted by Gasteiger charge is -2.18. The smallest absolute Gasteiger partial charge is 0.216 e. The predicted molar refractivity (Wildman–Crippen MR) is 86.1 cm³/mol. The number of hydrogen-bond acceptors (Lipinski definition) is 1. The molecule has 1 atom stereocenters. The van der Waals surface area contributed by atoms with E-state index >= 15 is 0 Å². The van der Waals surface area contributed by atoms with Gasteiger partial charge < -0.3 is 5.11 Å². The van der Waals surface area contributed by atoms with Gasteiger partial charge in [0.2, 0.25) is 3.79 Å². The van der Waals surface area contributed by atoms with Crippen LogP contribution in [-0.4, -0.2) is 5.11 Å². The fourth-order valence-electron chi connectivity index (χ4n) is 1.97. The van der Waals surface area contributed by atoms with Crippen LogP contribution >= 0.6 is 46.4 Å². The number of rotatable bonds is 3. The summed E-state index contributed by atoms with van der Waals surface area (Å²) >= 11 is 24.3. The predicted octanol–water partition coefficient (Wildman–Crippen LogP) is 5.74. The summed E-state index contributed by atoms with van der Waals surface area (Å²) in [6, 6.07) is 14.2. The van der Waals surface area contributed by atoms with E-state index in [0.29, 0.717) is 12.0 Å². The Kier molecular flexibility index (Phi) is 5.09. The Morgan fingerprint density at radius 2 is 1.55 bits per heavy atom. The fraction of sp³-hybridized carbons (Fsp3) is 0.200. The Morgan fingerprint density at radius 3 is 2.15 bits per heavy atom. The maximum absolute atomic E-state index is 9.28. The highest BCUT2D eigenvalue weighted by molar-refractivity contribution is 6.66. The number of alkyl halides is 4. The van der Waals surface area contributed by atoms with Crippen molar-refractivity contribution in [1.29, 1.82) is 0 Å². The van der Waals surface area contributed by atoms with Gasteiger partial charge in [-0.15, -0.1) is 11.6 Å². The lowest BCUT2D eigenvalue weighted by molar-refractivity contribution is 0.475. The van der Waals surface area contributed by atoms with Gasteiger partial charge in [0.15, 0.2) is 0 Å². The zero-order chi connectivity index (χ0) is 14.8. The van der Waals surface area contributed by atoms with E-state index in [4.69, 9.17) is 46.4 Å². The second-order valence-electron chi connectivity index (χ2n) is 4.42. The van der Waals surface area contributed by atoms with Crippen molar-refractivity contribution in [3.8, 4) is 5.75 Å². The molecule has 0 saturated carbocycles. The molecule has 1 N–H and O–H groups in total. The summed E-state index contributed by atoms with van der Waals surface area (Å²) in [5.74, 6) is 0.208. The molecule has 5 heteroatoms. The number of phenols is 1. The van der Waals surface area contributed by atoms with Crippen LogP contribution in [0.1, 0.15) is 22.1 Å². The van der Waals surface area contributed by atoms with E-state index in [1.807, 2.05) is 18.2 Å². The van der Waals surface area contributed by atoms with Crippen molar-refractivity contribution in [3.63, 3.8) is 0 Å². The van der Waals surface area contributed by atoms with Crippen LogP contribution in [0.15, 0.2) is 48.5 Å².